The smallest absolute Gasteiger partial charge is 0.138 e. The van der Waals surface area contributed by atoms with Gasteiger partial charge in [-0.05, 0) is 146 Å². The number of rotatable bonds is 5. The molecule has 0 saturated heterocycles. The lowest BCUT2D eigenvalue weighted by atomic mass is 9.93. The van der Waals surface area contributed by atoms with E-state index >= 15 is 0 Å². The fourth-order valence-corrected chi connectivity index (χ4v) is 9.73. The van der Waals surface area contributed by atoms with Gasteiger partial charge in [0, 0.05) is 27.1 Å². The first-order chi connectivity index (χ1) is 28.2. The number of aryl methyl sites for hydroxylation is 6. The minimum atomic E-state index is 0.628. The third-order valence-corrected chi connectivity index (χ3v) is 11.9. The van der Waals surface area contributed by atoms with Crippen molar-refractivity contribution >= 4 is 43.6 Å². The SMILES string of the molecule is Cc1cc(C)c(-c2ccc3c(c2)c2ccccc2n3-c2cc(-c3ccc(C#N)cc3)c(-n3c4ccccc4c4cc(-c5c(C)cc(C)cc5C)ccc43)cn2)c(C)c1. The molecule has 10 rings (SSSR count). The number of benzene rings is 7. The summed E-state index contributed by atoms with van der Waals surface area (Å²) in [6.07, 6.45) is 2.03. The minimum absolute atomic E-state index is 0.628. The van der Waals surface area contributed by atoms with Gasteiger partial charge in [0.05, 0.1) is 45.6 Å². The number of hydrogen-bond acceptors (Lipinski definition) is 2. The highest BCUT2D eigenvalue weighted by molar-refractivity contribution is 6.12. The largest absolute Gasteiger partial charge is 0.307 e. The van der Waals surface area contributed by atoms with Gasteiger partial charge in [0.1, 0.15) is 5.82 Å². The molecule has 10 aromatic rings. The number of pyridine rings is 1. The Balaban J connectivity index is 1.22. The number of para-hydroxylation sites is 2. The zero-order valence-electron chi connectivity index (χ0n) is 33.6. The van der Waals surface area contributed by atoms with Crippen LogP contribution in [-0.4, -0.2) is 14.1 Å². The lowest BCUT2D eigenvalue weighted by Gasteiger charge is -2.17. The van der Waals surface area contributed by atoms with Gasteiger partial charge < -0.3 is 4.57 Å². The predicted molar refractivity (Wildman–Crippen MR) is 242 cm³/mol. The van der Waals surface area contributed by atoms with Crippen molar-refractivity contribution in [1.82, 2.24) is 14.1 Å². The van der Waals surface area contributed by atoms with E-state index in [9.17, 15) is 5.26 Å². The molecule has 4 heteroatoms. The summed E-state index contributed by atoms with van der Waals surface area (Å²) in [5.41, 5.74) is 20.8. The normalized spacial score (nSPS) is 11.6. The van der Waals surface area contributed by atoms with Crippen LogP contribution < -0.4 is 0 Å². The van der Waals surface area contributed by atoms with Crippen molar-refractivity contribution in [2.75, 3.05) is 0 Å². The van der Waals surface area contributed by atoms with E-state index in [-0.39, 0.29) is 0 Å². The van der Waals surface area contributed by atoms with E-state index in [1.807, 2.05) is 18.3 Å². The van der Waals surface area contributed by atoms with Gasteiger partial charge in [-0.15, -0.1) is 0 Å². The van der Waals surface area contributed by atoms with Crippen molar-refractivity contribution in [2.45, 2.75) is 41.5 Å². The number of aromatic nitrogens is 3. The molecule has 3 aromatic heterocycles. The molecule has 0 bridgehead atoms. The lowest BCUT2D eigenvalue weighted by Crippen LogP contribution is -2.03. The van der Waals surface area contributed by atoms with Gasteiger partial charge in [-0.1, -0.05) is 96.1 Å². The molecule has 0 aliphatic heterocycles. The summed E-state index contributed by atoms with van der Waals surface area (Å²) in [7, 11) is 0. The Morgan fingerprint density at radius 2 is 0.897 bits per heavy atom. The van der Waals surface area contributed by atoms with E-state index in [4.69, 9.17) is 4.98 Å². The summed E-state index contributed by atoms with van der Waals surface area (Å²) in [5, 5.41) is 14.5. The number of nitrogens with zero attached hydrogens (tertiary/aromatic N) is 4. The van der Waals surface area contributed by atoms with Crippen LogP contribution in [0.4, 0.5) is 0 Å². The van der Waals surface area contributed by atoms with Crippen molar-refractivity contribution in [3.05, 3.63) is 185 Å². The highest BCUT2D eigenvalue weighted by Crippen LogP contribution is 2.41. The first kappa shape index (κ1) is 35.2. The second kappa shape index (κ2) is 13.5. The third-order valence-electron chi connectivity index (χ3n) is 11.9. The third kappa shape index (κ3) is 5.54. The van der Waals surface area contributed by atoms with Crippen molar-refractivity contribution in [2.24, 2.45) is 0 Å². The minimum Gasteiger partial charge on any atom is -0.307 e. The molecular weight excluding hydrogens is 705 g/mol. The van der Waals surface area contributed by atoms with Gasteiger partial charge >= 0.3 is 0 Å². The molecule has 3 heterocycles. The molecule has 0 unspecified atom stereocenters. The molecule has 0 fully saturated rings. The molecule has 0 amide bonds. The maximum absolute atomic E-state index is 9.73. The Morgan fingerprint density at radius 1 is 0.448 bits per heavy atom. The van der Waals surface area contributed by atoms with Crippen LogP contribution in [0.15, 0.2) is 146 Å². The van der Waals surface area contributed by atoms with E-state index in [0.717, 1.165) is 44.7 Å². The molecule has 0 N–H and O–H groups in total. The predicted octanol–water partition coefficient (Wildman–Crippen LogP) is 14.0. The molecule has 0 saturated carbocycles. The Hall–Kier alpha value is -7.22. The topological polar surface area (TPSA) is 46.5 Å². The van der Waals surface area contributed by atoms with Gasteiger partial charge in [-0.3, -0.25) is 4.57 Å². The van der Waals surface area contributed by atoms with Crippen molar-refractivity contribution in [3.63, 3.8) is 0 Å². The first-order valence-electron chi connectivity index (χ1n) is 19.9. The van der Waals surface area contributed by atoms with E-state index in [0.29, 0.717) is 5.56 Å². The molecule has 0 spiro atoms. The van der Waals surface area contributed by atoms with Crippen molar-refractivity contribution in [1.29, 1.82) is 5.26 Å². The van der Waals surface area contributed by atoms with Crippen molar-refractivity contribution < 1.29 is 0 Å². The van der Waals surface area contributed by atoms with E-state index in [2.05, 4.69) is 184 Å². The fraction of sp³-hybridized carbons (Fsp3) is 0.111. The zero-order chi connectivity index (χ0) is 39.8. The molecular formula is C54H42N4. The van der Waals surface area contributed by atoms with Crippen LogP contribution in [0, 0.1) is 52.9 Å². The summed E-state index contributed by atoms with van der Waals surface area (Å²) in [5.74, 6) is 0.832. The molecule has 0 aliphatic carbocycles. The summed E-state index contributed by atoms with van der Waals surface area (Å²) in [6.45, 7) is 13.2. The van der Waals surface area contributed by atoms with Crippen molar-refractivity contribution in [3.8, 4) is 51.0 Å². The first-order valence-corrected chi connectivity index (χ1v) is 19.9. The standard InChI is InChI=1S/C54H42N4/c1-32-23-34(3)53(35(4)24-32)40-19-21-49-45(27-40)42-11-7-9-13-47(42)57(49)51-31-56-52(29-44(51)39-17-15-38(30-55)16-18-39)58-48-14-10-8-12-43(48)46-28-41(20-22-50(46)58)54-36(5)25-33(2)26-37(54)6/h7-29,31H,1-6H3. The van der Waals surface area contributed by atoms with Gasteiger partial charge in [-0.2, -0.15) is 5.26 Å². The molecule has 278 valence electrons. The average Bonchev–Trinajstić information content (AvgIpc) is 3.72. The molecule has 4 nitrogen and oxygen atoms in total. The average molecular weight is 747 g/mol. The van der Waals surface area contributed by atoms with Gasteiger partial charge in [0.25, 0.3) is 0 Å². The summed E-state index contributed by atoms with van der Waals surface area (Å²) < 4.78 is 4.66. The number of fused-ring (bicyclic) bond motifs is 6. The van der Waals surface area contributed by atoms with Crippen LogP contribution in [-0.2, 0) is 0 Å². The monoisotopic (exact) mass is 746 g/mol. The van der Waals surface area contributed by atoms with Crippen LogP contribution in [0.5, 0.6) is 0 Å². The Morgan fingerprint density at radius 3 is 1.41 bits per heavy atom. The van der Waals surface area contributed by atoms with Crippen LogP contribution in [0.1, 0.15) is 38.9 Å². The number of nitriles is 1. The molecule has 0 atom stereocenters. The number of hydrogen-bond donors (Lipinski definition) is 0. The van der Waals surface area contributed by atoms with E-state index < -0.39 is 0 Å². The van der Waals surface area contributed by atoms with Gasteiger partial charge in [-0.25, -0.2) is 4.98 Å². The van der Waals surface area contributed by atoms with Gasteiger partial charge in [0.15, 0.2) is 0 Å². The van der Waals surface area contributed by atoms with Crippen LogP contribution in [0.3, 0.4) is 0 Å². The zero-order valence-corrected chi connectivity index (χ0v) is 33.6. The Kier molecular flexibility index (Phi) is 8.18. The highest BCUT2D eigenvalue weighted by atomic mass is 15.1. The lowest BCUT2D eigenvalue weighted by molar-refractivity contribution is 1.06. The molecule has 0 radical (unpaired) electrons. The Labute approximate surface area is 338 Å². The van der Waals surface area contributed by atoms with Crippen LogP contribution in [0.2, 0.25) is 0 Å². The summed E-state index contributed by atoms with van der Waals surface area (Å²) >= 11 is 0. The Bertz CT molecular complexity index is 3300. The van der Waals surface area contributed by atoms with E-state index in [1.165, 1.54) is 77.2 Å². The van der Waals surface area contributed by atoms with Crippen LogP contribution >= 0.6 is 0 Å². The maximum atomic E-state index is 9.73. The highest BCUT2D eigenvalue weighted by Gasteiger charge is 2.21. The molecule has 0 aliphatic rings. The van der Waals surface area contributed by atoms with E-state index in [1.54, 1.807) is 0 Å². The second-order valence-electron chi connectivity index (χ2n) is 16.0. The molecule has 58 heavy (non-hydrogen) atoms. The summed E-state index contributed by atoms with van der Waals surface area (Å²) in [4.78, 5) is 5.32. The fourth-order valence-electron chi connectivity index (χ4n) is 9.73. The second-order valence-corrected chi connectivity index (χ2v) is 16.0. The molecule has 7 aromatic carbocycles. The van der Waals surface area contributed by atoms with Crippen LogP contribution in [0.25, 0.3) is 88.5 Å². The quantitative estimate of drug-likeness (QED) is 0.176. The summed E-state index contributed by atoms with van der Waals surface area (Å²) in [6, 6.07) is 52.6. The van der Waals surface area contributed by atoms with Gasteiger partial charge in [0.2, 0.25) is 0 Å². The maximum Gasteiger partial charge on any atom is 0.138 e.